The first-order valence-electron chi connectivity index (χ1n) is 7.32. The van der Waals surface area contributed by atoms with E-state index in [9.17, 15) is 0 Å². The van der Waals surface area contributed by atoms with E-state index in [1.807, 2.05) is 6.20 Å². The number of nitrogens with zero attached hydrogens (tertiary/aromatic N) is 1. The van der Waals surface area contributed by atoms with Gasteiger partial charge >= 0.3 is 0 Å². The van der Waals surface area contributed by atoms with E-state index in [4.69, 9.17) is 0 Å². The van der Waals surface area contributed by atoms with Crippen molar-refractivity contribution in [3.63, 3.8) is 0 Å². The number of thiazole rings is 1. The van der Waals surface area contributed by atoms with E-state index in [1.54, 1.807) is 11.3 Å². The molecule has 0 aliphatic rings. The summed E-state index contributed by atoms with van der Waals surface area (Å²) in [5, 5.41) is 3.59. The summed E-state index contributed by atoms with van der Waals surface area (Å²) < 4.78 is 0. The lowest BCUT2D eigenvalue weighted by atomic mass is 10.1. The largest absolute Gasteiger partial charge is 0.244 e. The predicted octanol–water partition coefficient (Wildman–Crippen LogP) is 5.94. The first-order chi connectivity index (χ1) is 10.8. The molecule has 106 valence electrons. The van der Waals surface area contributed by atoms with Crippen LogP contribution in [0.25, 0.3) is 31.8 Å². The Morgan fingerprint density at radius 2 is 1.59 bits per heavy atom. The fourth-order valence-corrected chi connectivity index (χ4v) is 3.62. The van der Waals surface area contributed by atoms with Crippen molar-refractivity contribution >= 4 is 22.1 Å². The molecule has 1 aromatic heterocycles. The summed E-state index contributed by atoms with van der Waals surface area (Å²) in [5.74, 6) is 0. The molecule has 0 atom stereocenters. The van der Waals surface area contributed by atoms with Crippen molar-refractivity contribution in [1.29, 1.82) is 0 Å². The van der Waals surface area contributed by atoms with Crippen molar-refractivity contribution in [3.05, 3.63) is 78.5 Å². The van der Waals surface area contributed by atoms with Gasteiger partial charge in [-0.15, -0.1) is 11.3 Å². The Balaban J connectivity index is 1.82. The van der Waals surface area contributed by atoms with Crippen LogP contribution in [0.2, 0.25) is 0 Å². The average Bonchev–Trinajstić information content (AvgIpc) is 3.05. The van der Waals surface area contributed by atoms with E-state index in [2.05, 4.69) is 78.6 Å². The van der Waals surface area contributed by atoms with Crippen LogP contribution >= 0.6 is 11.3 Å². The van der Waals surface area contributed by atoms with Crippen molar-refractivity contribution in [2.45, 2.75) is 6.92 Å². The Labute approximate surface area is 133 Å². The van der Waals surface area contributed by atoms with Crippen LogP contribution < -0.4 is 0 Å². The number of aromatic nitrogens is 1. The lowest BCUT2D eigenvalue weighted by Gasteiger charge is -2.03. The summed E-state index contributed by atoms with van der Waals surface area (Å²) in [4.78, 5) is 5.86. The molecule has 1 nitrogen and oxygen atoms in total. The third kappa shape index (κ3) is 2.32. The quantitative estimate of drug-likeness (QED) is 0.446. The number of rotatable bonds is 2. The fraction of sp³-hybridized carbons (Fsp3) is 0.0500. The van der Waals surface area contributed by atoms with Crippen LogP contribution in [0.5, 0.6) is 0 Å². The minimum absolute atomic E-state index is 1.08. The number of hydrogen-bond acceptors (Lipinski definition) is 2. The molecule has 0 saturated carbocycles. The molecule has 4 aromatic rings. The molecule has 0 unspecified atom stereocenters. The zero-order valence-electron chi connectivity index (χ0n) is 12.3. The lowest BCUT2D eigenvalue weighted by Crippen LogP contribution is -1.79. The molecule has 4 rings (SSSR count). The second-order valence-corrected chi connectivity index (χ2v) is 6.45. The molecule has 0 radical (unpaired) electrons. The summed E-state index contributed by atoms with van der Waals surface area (Å²) in [6, 6.07) is 23.5. The van der Waals surface area contributed by atoms with Gasteiger partial charge in [0, 0.05) is 11.8 Å². The molecule has 3 aromatic carbocycles. The highest BCUT2D eigenvalue weighted by molar-refractivity contribution is 7.18. The van der Waals surface area contributed by atoms with Crippen molar-refractivity contribution in [3.8, 4) is 21.0 Å². The maximum Gasteiger partial charge on any atom is 0.124 e. The zero-order valence-corrected chi connectivity index (χ0v) is 13.1. The van der Waals surface area contributed by atoms with Crippen molar-refractivity contribution in [1.82, 2.24) is 4.98 Å². The zero-order chi connectivity index (χ0) is 14.9. The SMILES string of the molecule is Cc1ccc(-c2cnc(-c3cccc4ccccc34)s2)cc1. The van der Waals surface area contributed by atoms with E-state index < -0.39 is 0 Å². The first-order valence-corrected chi connectivity index (χ1v) is 8.14. The van der Waals surface area contributed by atoms with Gasteiger partial charge in [0.1, 0.15) is 5.01 Å². The Morgan fingerprint density at radius 3 is 2.45 bits per heavy atom. The first kappa shape index (κ1) is 13.2. The summed E-state index contributed by atoms with van der Waals surface area (Å²) >= 11 is 1.75. The Kier molecular flexibility index (Phi) is 3.24. The molecule has 22 heavy (non-hydrogen) atoms. The molecular weight excluding hydrogens is 286 g/mol. The fourth-order valence-electron chi connectivity index (χ4n) is 2.66. The molecule has 0 aliphatic carbocycles. The standard InChI is InChI=1S/C20H15NS/c1-14-9-11-16(12-10-14)19-13-21-20(22-19)18-8-4-6-15-5-2-3-7-17(15)18/h2-13H,1H3. The smallest absolute Gasteiger partial charge is 0.124 e. The van der Waals surface area contributed by atoms with Gasteiger partial charge in [-0.25, -0.2) is 4.98 Å². The van der Waals surface area contributed by atoms with Gasteiger partial charge in [0.2, 0.25) is 0 Å². The van der Waals surface area contributed by atoms with Crippen molar-refractivity contribution < 1.29 is 0 Å². The number of hydrogen-bond donors (Lipinski definition) is 0. The molecule has 0 aliphatic heterocycles. The second kappa shape index (κ2) is 5.39. The third-order valence-electron chi connectivity index (χ3n) is 3.86. The van der Waals surface area contributed by atoms with Crippen LogP contribution in [-0.4, -0.2) is 4.98 Å². The van der Waals surface area contributed by atoms with Gasteiger partial charge in [-0.1, -0.05) is 72.3 Å². The minimum Gasteiger partial charge on any atom is -0.244 e. The van der Waals surface area contributed by atoms with E-state index in [0.29, 0.717) is 0 Å². The highest BCUT2D eigenvalue weighted by atomic mass is 32.1. The van der Waals surface area contributed by atoms with E-state index in [1.165, 1.54) is 32.3 Å². The molecule has 0 saturated heterocycles. The van der Waals surface area contributed by atoms with E-state index in [0.717, 1.165) is 5.01 Å². The Hall–Kier alpha value is -2.45. The maximum atomic E-state index is 4.65. The van der Waals surface area contributed by atoms with E-state index >= 15 is 0 Å². The summed E-state index contributed by atoms with van der Waals surface area (Å²) in [7, 11) is 0. The summed E-state index contributed by atoms with van der Waals surface area (Å²) in [6.07, 6.45) is 1.98. The highest BCUT2D eigenvalue weighted by Crippen LogP contribution is 2.35. The topological polar surface area (TPSA) is 12.9 Å². The number of fused-ring (bicyclic) bond motifs is 1. The van der Waals surface area contributed by atoms with Gasteiger partial charge in [0.25, 0.3) is 0 Å². The van der Waals surface area contributed by atoms with Crippen LogP contribution in [0.4, 0.5) is 0 Å². The number of aryl methyl sites for hydroxylation is 1. The maximum absolute atomic E-state index is 4.65. The molecule has 0 amide bonds. The van der Waals surface area contributed by atoms with Crippen LogP contribution in [0.15, 0.2) is 72.9 Å². The Morgan fingerprint density at radius 1 is 0.818 bits per heavy atom. The third-order valence-corrected chi connectivity index (χ3v) is 4.94. The molecular formula is C20H15NS. The van der Waals surface area contributed by atoms with Gasteiger partial charge in [-0.3, -0.25) is 0 Å². The lowest BCUT2D eigenvalue weighted by molar-refractivity contribution is 1.41. The second-order valence-electron chi connectivity index (χ2n) is 5.42. The molecule has 0 N–H and O–H groups in total. The normalized spacial score (nSPS) is 11.0. The van der Waals surface area contributed by atoms with Gasteiger partial charge in [-0.05, 0) is 23.3 Å². The molecule has 2 heteroatoms. The van der Waals surface area contributed by atoms with Crippen LogP contribution in [0, 0.1) is 6.92 Å². The van der Waals surface area contributed by atoms with Gasteiger partial charge in [-0.2, -0.15) is 0 Å². The van der Waals surface area contributed by atoms with Crippen LogP contribution in [-0.2, 0) is 0 Å². The average molecular weight is 301 g/mol. The monoisotopic (exact) mass is 301 g/mol. The van der Waals surface area contributed by atoms with Crippen molar-refractivity contribution in [2.24, 2.45) is 0 Å². The molecule has 0 fully saturated rings. The van der Waals surface area contributed by atoms with Gasteiger partial charge in [0.15, 0.2) is 0 Å². The summed E-state index contributed by atoms with van der Waals surface area (Å²) in [6.45, 7) is 2.11. The van der Waals surface area contributed by atoms with E-state index in [-0.39, 0.29) is 0 Å². The molecule has 0 spiro atoms. The molecule has 0 bridgehead atoms. The van der Waals surface area contributed by atoms with Gasteiger partial charge < -0.3 is 0 Å². The minimum atomic E-state index is 1.08. The predicted molar refractivity (Wildman–Crippen MR) is 95.2 cm³/mol. The van der Waals surface area contributed by atoms with Crippen LogP contribution in [0.1, 0.15) is 5.56 Å². The molecule has 1 heterocycles. The van der Waals surface area contributed by atoms with Crippen LogP contribution in [0.3, 0.4) is 0 Å². The number of benzene rings is 3. The summed E-state index contributed by atoms with van der Waals surface area (Å²) in [5.41, 5.74) is 3.72. The highest BCUT2D eigenvalue weighted by Gasteiger charge is 2.09. The van der Waals surface area contributed by atoms with Crippen molar-refractivity contribution in [2.75, 3.05) is 0 Å². The van der Waals surface area contributed by atoms with Gasteiger partial charge in [0.05, 0.1) is 4.88 Å². The Bertz CT molecular complexity index is 930.